The molecule has 1 spiro atoms. The second-order valence-electron chi connectivity index (χ2n) is 7.33. The minimum Gasteiger partial charge on any atom is -0.354 e. The third-order valence-corrected chi connectivity index (χ3v) is 5.59. The van der Waals surface area contributed by atoms with E-state index in [1.165, 1.54) is 38.5 Å². The Kier molecular flexibility index (Phi) is 5.95. The first-order valence-corrected chi connectivity index (χ1v) is 9.51. The molecule has 1 saturated carbocycles. The highest BCUT2D eigenvalue weighted by Crippen LogP contribution is 2.43. The third kappa shape index (κ3) is 4.53. The Morgan fingerprint density at radius 2 is 1.80 bits per heavy atom. The van der Waals surface area contributed by atoms with Crippen LogP contribution in [0, 0.1) is 5.41 Å². The topological polar surface area (TPSA) is 56.7 Å². The van der Waals surface area contributed by atoms with Crippen molar-refractivity contribution in [1.82, 2.24) is 15.5 Å². The maximum atomic E-state index is 12.0. The quantitative estimate of drug-likeness (QED) is 0.502. The Bertz CT molecular complexity index is 593. The zero-order valence-electron chi connectivity index (χ0n) is 15.3. The number of amides is 1. The fourth-order valence-corrected chi connectivity index (χ4v) is 4.20. The molecule has 0 bridgehead atoms. The molecule has 2 N–H and O–H groups in total. The molecule has 136 valence electrons. The van der Waals surface area contributed by atoms with E-state index in [9.17, 15) is 4.79 Å². The molecule has 1 amide bonds. The highest BCUT2D eigenvalue weighted by molar-refractivity contribution is 5.94. The van der Waals surface area contributed by atoms with Crippen molar-refractivity contribution in [3.63, 3.8) is 0 Å². The van der Waals surface area contributed by atoms with Crippen molar-refractivity contribution in [2.24, 2.45) is 10.4 Å². The summed E-state index contributed by atoms with van der Waals surface area (Å²) >= 11 is 0. The van der Waals surface area contributed by atoms with Gasteiger partial charge in [-0.3, -0.25) is 9.79 Å². The summed E-state index contributed by atoms with van der Waals surface area (Å²) in [6.07, 6.45) is 8.19. The number of rotatable bonds is 4. The van der Waals surface area contributed by atoms with E-state index in [0.29, 0.717) is 24.1 Å². The standard InChI is InChI=1S/C20H30N4O/c1-21-19(24-15-12-20(16-24)10-6-3-7-11-20)23-14-13-22-18(25)17-8-4-2-5-9-17/h2,4-5,8-9H,3,6-7,10-16H2,1H3,(H,21,23)(H,22,25). The van der Waals surface area contributed by atoms with Crippen LogP contribution in [0.25, 0.3) is 0 Å². The molecule has 2 fully saturated rings. The van der Waals surface area contributed by atoms with Gasteiger partial charge in [-0.1, -0.05) is 37.5 Å². The zero-order chi connectivity index (χ0) is 17.5. The van der Waals surface area contributed by atoms with Gasteiger partial charge in [0.25, 0.3) is 5.91 Å². The average Bonchev–Trinajstić information content (AvgIpc) is 3.06. The molecule has 25 heavy (non-hydrogen) atoms. The van der Waals surface area contributed by atoms with Crippen LogP contribution in [0.15, 0.2) is 35.3 Å². The summed E-state index contributed by atoms with van der Waals surface area (Å²) in [4.78, 5) is 18.9. The van der Waals surface area contributed by atoms with Crippen LogP contribution in [0.2, 0.25) is 0 Å². The molecular formula is C20H30N4O. The van der Waals surface area contributed by atoms with E-state index in [-0.39, 0.29) is 5.91 Å². The van der Waals surface area contributed by atoms with Crippen LogP contribution in [0.4, 0.5) is 0 Å². The molecule has 1 saturated heterocycles. The number of carbonyl (C=O) groups is 1. The molecular weight excluding hydrogens is 312 g/mol. The van der Waals surface area contributed by atoms with Crippen molar-refractivity contribution in [3.8, 4) is 0 Å². The first-order valence-electron chi connectivity index (χ1n) is 9.51. The SMILES string of the molecule is CN=C(NCCNC(=O)c1ccccc1)N1CCC2(CCCCC2)C1. The Hall–Kier alpha value is -2.04. The van der Waals surface area contributed by atoms with Gasteiger partial charge >= 0.3 is 0 Å². The van der Waals surface area contributed by atoms with Crippen LogP contribution in [-0.4, -0.2) is 50.0 Å². The summed E-state index contributed by atoms with van der Waals surface area (Å²) in [6.45, 7) is 3.50. The Balaban J connectivity index is 1.42. The minimum absolute atomic E-state index is 0.0280. The summed E-state index contributed by atoms with van der Waals surface area (Å²) in [5, 5.41) is 6.35. The maximum Gasteiger partial charge on any atom is 0.251 e. The van der Waals surface area contributed by atoms with Gasteiger partial charge in [-0.15, -0.1) is 0 Å². The van der Waals surface area contributed by atoms with E-state index in [1.807, 2.05) is 37.4 Å². The molecule has 5 heteroatoms. The lowest BCUT2D eigenvalue weighted by molar-refractivity contribution is 0.0954. The zero-order valence-corrected chi connectivity index (χ0v) is 15.3. The van der Waals surface area contributed by atoms with Gasteiger partial charge in [0.1, 0.15) is 0 Å². The van der Waals surface area contributed by atoms with E-state index in [2.05, 4.69) is 20.5 Å². The molecule has 0 unspecified atom stereocenters. The van der Waals surface area contributed by atoms with Gasteiger partial charge in [-0.05, 0) is 36.8 Å². The fraction of sp³-hybridized carbons (Fsp3) is 0.600. The van der Waals surface area contributed by atoms with Gasteiger partial charge in [-0.25, -0.2) is 0 Å². The number of aliphatic imine (C=N–C) groups is 1. The molecule has 3 rings (SSSR count). The number of benzene rings is 1. The van der Waals surface area contributed by atoms with E-state index in [1.54, 1.807) is 0 Å². The van der Waals surface area contributed by atoms with Gasteiger partial charge in [0.15, 0.2) is 5.96 Å². The third-order valence-electron chi connectivity index (χ3n) is 5.59. The number of likely N-dealkylation sites (tertiary alicyclic amines) is 1. The summed E-state index contributed by atoms with van der Waals surface area (Å²) in [7, 11) is 1.84. The van der Waals surface area contributed by atoms with Crippen LogP contribution in [0.1, 0.15) is 48.9 Å². The van der Waals surface area contributed by atoms with Crippen molar-refractivity contribution < 1.29 is 4.79 Å². The van der Waals surface area contributed by atoms with Crippen LogP contribution in [0.3, 0.4) is 0 Å². The van der Waals surface area contributed by atoms with Crippen LogP contribution < -0.4 is 10.6 Å². The second-order valence-corrected chi connectivity index (χ2v) is 7.33. The molecule has 1 aromatic carbocycles. The number of guanidine groups is 1. The lowest BCUT2D eigenvalue weighted by Gasteiger charge is -2.33. The molecule has 0 aromatic heterocycles. The van der Waals surface area contributed by atoms with E-state index in [0.717, 1.165) is 19.0 Å². The monoisotopic (exact) mass is 342 g/mol. The first kappa shape index (κ1) is 17.8. The number of nitrogens with one attached hydrogen (secondary N) is 2. The van der Waals surface area contributed by atoms with Crippen molar-refractivity contribution in [2.45, 2.75) is 38.5 Å². The second kappa shape index (κ2) is 8.37. The van der Waals surface area contributed by atoms with Crippen molar-refractivity contribution in [3.05, 3.63) is 35.9 Å². The summed E-state index contributed by atoms with van der Waals surface area (Å²) < 4.78 is 0. The summed E-state index contributed by atoms with van der Waals surface area (Å²) in [5.74, 6) is 0.941. The largest absolute Gasteiger partial charge is 0.354 e. The van der Waals surface area contributed by atoms with Gasteiger partial charge in [0.2, 0.25) is 0 Å². The fourth-order valence-electron chi connectivity index (χ4n) is 4.20. The Morgan fingerprint density at radius 1 is 1.08 bits per heavy atom. The average molecular weight is 342 g/mol. The van der Waals surface area contributed by atoms with Crippen LogP contribution >= 0.6 is 0 Å². The molecule has 1 aliphatic heterocycles. The molecule has 1 heterocycles. The van der Waals surface area contributed by atoms with Gasteiger partial charge in [0, 0.05) is 38.8 Å². The van der Waals surface area contributed by atoms with Crippen molar-refractivity contribution in [1.29, 1.82) is 0 Å². The predicted molar refractivity (Wildman–Crippen MR) is 102 cm³/mol. The van der Waals surface area contributed by atoms with Crippen molar-refractivity contribution in [2.75, 3.05) is 33.2 Å². The van der Waals surface area contributed by atoms with E-state index < -0.39 is 0 Å². The molecule has 0 atom stereocenters. The van der Waals surface area contributed by atoms with Crippen LogP contribution in [-0.2, 0) is 0 Å². The van der Waals surface area contributed by atoms with Crippen LogP contribution in [0.5, 0.6) is 0 Å². The lowest BCUT2D eigenvalue weighted by atomic mass is 9.73. The van der Waals surface area contributed by atoms with E-state index >= 15 is 0 Å². The smallest absolute Gasteiger partial charge is 0.251 e. The number of nitrogens with zero attached hydrogens (tertiary/aromatic N) is 2. The van der Waals surface area contributed by atoms with Gasteiger partial charge in [0.05, 0.1) is 0 Å². The molecule has 0 radical (unpaired) electrons. The highest BCUT2D eigenvalue weighted by atomic mass is 16.1. The van der Waals surface area contributed by atoms with Crippen molar-refractivity contribution >= 4 is 11.9 Å². The molecule has 1 aromatic rings. The number of hydrogen-bond donors (Lipinski definition) is 2. The normalized spacial score (nSPS) is 19.9. The summed E-state index contributed by atoms with van der Waals surface area (Å²) in [5.41, 5.74) is 1.22. The van der Waals surface area contributed by atoms with E-state index in [4.69, 9.17) is 0 Å². The Morgan fingerprint density at radius 3 is 2.52 bits per heavy atom. The maximum absolute atomic E-state index is 12.0. The Labute approximate surface area is 150 Å². The molecule has 1 aliphatic carbocycles. The molecule has 5 nitrogen and oxygen atoms in total. The lowest BCUT2D eigenvalue weighted by Crippen LogP contribution is -2.44. The van der Waals surface area contributed by atoms with Gasteiger partial charge in [-0.2, -0.15) is 0 Å². The minimum atomic E-state index is -0.0280. The number of hydrogen-bond acceptors (Lipinski definition) is 2. The first-order chi connectivity index (χ1) is 12.2. The number of carbonyl (C=O) groups excluding carboxylic acids is 1. The predicted octanol–water partition coefficient (Wildman–Crippen LogP) is 2.65. The summed E-state index contributed by atoms with van der Waals surface area (Å²) in [6, 6.07) is 9.33. The molecule has 2 aliphatic rings. The van der Waals surface area contributed by atoms with Gasteiger partial charge < -0.3 is 15.5 Å². The highest BCUT2D eigenvalue weighted by Gasteiger charge is 2.39.